The van der Waals surface area contributed by atoms with Crippen LogP contribution in [-0.2, 0) is 0 Å². The Labute approximate surface area is 94.0 Å². The zero-order chi connectivity index (χ0) is 12.0. The van der Waals surface area contributed by atoms with Gasteiger partial charge >= 0.3 is 0 Å². The maximum absolute atomic E-state index is 13.3. The summed E-state index contributed by atoms with van der Waals surface area (Å²) < 4.78 is 13.3. The number of hydrogen-bond acceptors (Lipinski definition) is 3. The van der Waals surface area contributed by atoms with E-state index in [0.29, 0.717) is 6.54 Å². The van der Waals surface area contributed by atoms with Crippen molar-refractivity contribution >= 4 is 11.6 Å². The first-order valence-electron chi connectivity index (χ1n) is 5.24. The average Bonchev–Trinajstić information content (AvgIpc) is 2.29. The van der Waals surface area contributed by atoms with Crippen molar-refractivity contribution in [2.45, 2.75) is 19.8 Å². The van der Waals surface area contributed by atoms with Gasteiger partial charge in [0.1, 0.15) is 5.82 Å². The number of carbonyl (C=O) groups is 1. The molecule has 0 aliphatic rings. The molecule has 4 N–H and O–H groups in total. The van der Waals surface area contributed by atoms with E-state index >= 15 is 0 Å². The number of carbonyl (C=O) groups excluding carboxylic acids is 1. The highest BCUT2D eigenvalue weighted by molar-refractivity contribution is 5.99. The van der Waals surface area contributed by atoms with Gasteiger partial charge in [-0.1, -0.05) is 19.4 Å². The number of hydrazine groups is 1. The summed E-state index contributed by atoms with van der Waals surface area (Å²) >= 11 is 0. The van der Waals surface area contributed by atoms with Gasteiger partial charge in [-0.25, -0.2) is 4.39 Å². The predicted octanol–water partition coefficient (Wildman–Crippen LogP) is 1.64. The van der Waals surface area contributed by atoms with E-state index < -0.39 is 5.82 Å². The van der Waals surface area contributed by atoms with Crippen LogP contribution >= 0.6 is 0 Å². The van der Waals surface area contributed by atoms with E-state index in [9.17, 15) is 9.18 Å². The van der Waals surface area contributed by atoms with Crippen molar-refractivity contribution in [1.82, 2.24) is 5.32 Å². The van der Waals surface area contributed by atoms with E-state index in [1.807, 2.05) is 6.92 Å². The average molecular weight is 225 g/mol. The van der Waals surface area contributed by atoms with E-state index in [-0.39, 0.29) is 17.2 Å². The second kappa shape index (κ2) is 6.07. The monoisotopic (exact) mass is 225 g/mol. The van der Waals surface area contributed by atoms with Gasteiger partial charge < -0.3 is 10.7 Å². The van der Waals surface area contributed by atoms with Crippen LogP contribution in [-0.4, -0.2) is 12.5 Å². The molecule has 0 radical (unpaired) electrons. The first-order valence-corrected chi connectivity index (χ1v) is 5.24. The number of nitrogen functional groups attached to an aromatic ring is 1. The van der Waals surface area contributed by atoms with Gasteiger partial charge in [0.05, 0.1) is 11.3 Å². The number of nitrogens with two attached hydrogens (primary N) is 1. The van der Waals surface area contributed by atoms with Gasteiger partial charge in [-0.3, -0.25) is 10.6 Å². The Kier molecular flexibility index (Phi) is 4.72. The van der Waals surface area contributed by atoms with E-state index in [1.54, 1.807) is 0 Å². The summed E-state index contributed by atoms with van der Waals surface area (Å²) in [6.07, 6.45) is 1.89. The molecule has 1 aromatic rings. The number of hydrogen-bond donors (Lipinski definition) is 3. The molecule has 0 saturated carbocycles. The molecule has 0 aromatic heterocycles. The number of anilines is 1. The summed E-state index contributed by atoms with van der Waals surface area (Å²) in [5.41, 5.74) is 2.44. The van der Waals surface area contributed by atoms with E-state index in [0.717, 1.165) is 12.8 Å². The van der Waals surface area contributed by atoms with Crippen LogP contribution in [0.5, 0.6) is 0 Å². The fraction of sp³-hybridized carbons (Fsp3) is 0.364. The van der Waals surface area contributed by atoms with Gasteiger partial charge in [0.15, 0.2) is 0 Å². The Bertz CT molecular complexity index is 368. The van der Waals surface area contributed by atoms with Crippen molar-refractivity contribution in [3.8, 4) is 0 Å². The van der Waals surface area contributed by atoms with Crippen LogP contribution in [0.3, 0.4) is 0 Å². The number of unbranched alkanes of at least 4 members (excludes halogenated alkanes) is 1. The Balaban J connectivity index is 2.78. The van der Waals surface area contributed by atoms with Crippen molar-refractivity contribution in [1.29, 1.82) is 0 Å². The van der Waals surface area contributed by atoms with Gasteiger partial charge in [0, 0.05) is 6.54 Å². The third-order valence-corrected chi connectivity index (χ3v) is 2.22. The molecule has 0 bridgehead atoms. The molecule has 0 aliphatic carbocycles. The molecule has 0 aliphatic heterocycles. The minimum atomic E-state index is -0.536. The molecule has 88 valence electrons. The fourth-order valence-corrected chi connectivity index (χ4v) is 1.33. The topological polar surface area (TPSA) is 67.2 Å². The van der Waals surface area contributed by atoms with Crippen molar-refractivity contribution in [3.05, 3.63) is 29.6 Å². The normalized spacial score (nSPS) is 9.94. The summed E-state index contributed by atoms with van der Waals surface area (Å²) in [5, 5.41) is 2.70. The Hall–Kier alpha value is -1.62. The molecule has 16 heavy (non-hydrogen) atoms. The summed E-state index contributed by atoms with van der Waals surface area (Å²) in [7, 11) is 0. The van der Waals surface area contributed by atoms with Crippen molar-refractivity contribution in [2.24, 2.45) is 5.84 Å². The third kappa shape index (κ3) is 2.93. The minimum Gasteiger partial charge on any atom is -0.352 e. The van der Waals surface area contributed by atoms with Gasteiger partial charge in [0.2, 0.25) is 0 Å². The van der Waals surface area contributed by atoms with E-state index in [4.69, 9.17) is 5.84 Å². The van der Waals surface area contributed by atoms with Crippen LogP contribution in [0.4, 0.5) is 10.1 Å². The van der Waals surface area contributed by atoms with Crippen molar-refractivity contribution in [2.75, 3.05) is 12.0 Å². The molecule has 0 fully saturated rings. The Morgan fingerprint density at radius 2 is 2.25 bits per heavy atom. The molecule has 4 nitrogen and oxygen atoms in total. The molecular weight excluding hydrogens is 209 g/mol. The molecule has 1 aromatic carbocycles. The van der Waals surface area contributed by atoms with Crippen LogP contribution in [0, 0.1) is 5.82 Å². The zero-order valence-electron chi connectivity index (χ0n) is 9.22. The number of halogens is 1. The number of rotatable bonds is 5. The quantitative estimate of drug-likeness (QED) is 0.405. The second-order valence-corrected chi connectivity index (χ2v) is 3.42. The standard InChI is InChI=1S/C11H16FN3O/c1-2-3-7-14-11(16)8-5-4-6-9(12)10(8)15-13/h4-6,15H,2-3,7,13H2,1H3,(H,14,16). The number of benzene rings is 1. The maximum atomic E-state index is 13.3. The van der Waals surface area contributed by atoms with Crippen LogP contribution in [0.25, 0.3) is 0 Å². The lowest BCUT2D eigenvalue weighted by atomic mass is 10.1. The third-order valence-electron chi connectivity index (χ3n) is 2.22. The summed E-state index contributed by atoms with van der Waals surface area (Å²) in [4.78, 5) is 11.7. The first-order chi connectivity index (χ1) is 7.70. The van der Waals surface area contributed by atoms with Crippen LogP contribution in [0.15, 0.2) is 18.2 Å². The summed E-state index contributed by atoms with van der Waals surface area (Å²) in [6.45, 7) is 2.61. The van der Waals surface area contributed by atoms with Crippen molar-refractivity contribution < 1.29 is 9.18 Å². The van der Waals surface area contributed by atoms with Gasteiger partial charge in [0.25, 0.3) is 5.91 Å². The van der Waals surface area contributed by atoms with Gasteiger partial charge in [-0.2, -0.15) is 0 Å². The smallest absolute Gasteiger partial charge is 0.253 e. The van der Waals surface area contributed by atoms with E-state index in [1.165, 1.54) is 18.2 Å². The lowest BCUT2D eigenvalue weighted by Crippen LogP contribution is -2.26. The van der Waals surface area contributed by atoms with Crippen LogP contribution in [0.2, 0.25) is 0 Å². The van der Waals surface area contributed by atoms with Crippen LogP contribution < -0.4 is 16.6 Å². The van der Waals surface area contributed by atoms with Crippen LogP contribution in [0.1, 0.15) is 30.1 Å². The SMILES string of the molecule is CCCCNC(=O)c1cccc(F)c1NN. The van der Waals surface area contributed by atoms with Crippen molar-refractivity contribution in [3.63, 3.8) is 0 Å². The number of nitrogens with one attached hydrogen (secondary N) is 2. The predicted molar refractivity (Wildman–Crippen MR) is 61.5 cm³/mol. The zero-order valence-corrected chi connectivity index (χ0v) is 9.22. The lowest BCUT2D eigenvalue weighted by Gasteiger charge is -2.09. The highest BCUT2D eigenvalue weighted by atomic mass is 19.1. The molecular formula is C11H16FN3O. The maximum Gasteiger partial charge on any atom is 0.253 e. The Morgan fingerprint density at radius 3 is 2.88 bits per heavy atom. The second-order valence-electron chi connectivity index (χ2n) is 3.42. The van der Waals surface area contributed by atoms with Gasteiger partial charge in [-0.15, -0.1) is 0 Å². The molecule has 0 heterocycles. The Morgan fingerprint density at radius 1 is 1.50 bits per heavy atom. The highest BCUT2D eigenvalue weighted by Crippen LogP contribution is 2.18. The minimum absolute atomic E-state index is 0.0245. The number of para-hydroxylation sites is 1. The molecule has 1 rings (SSSR count). The molecule has 0 saturated heterocycles. The summed E-state index contributed by atoms with van der Waals surface area (Å²) in [6, 6.07) is 4.25. The van der Waals surface area contributed by atoms with E-state index in [2.05, 4.69) is 10.7 Å². The highest BCUT2D eigenvalue weighted by Gasteiger charge is 2.13. The fourth-order valence-electron chi connectivity index (χ4n) is 1.33. The lowest BCUT2D eigenvalue weighted by molar-refractivity contribution is 0.0953. The molecule has 0 atom stereocenters. The molecule has 0 spiro atoms. The van der Waals surface area contributed by atoms with Gasteiger partial charge in [-0.05, 0) is 18.6 Å². The molecule has 5 heteroatoms. The summed E-state index contributed by atoms with van der Waals surface area (Å²) in [5.74, 6) is 4.32. The molecule has 0 unspecified atom stereocenters. The first kappa shape index (κ1) is 12.4. The molecule has 1 amide bonds. The number of amides is 1. The largest absolute Gasteiger partial charge is 0.352 e.